The maximum atomic E-state index is 6.53. The van der Waals surface area contributed by atoms with Gasteiger partial charge in [-0.05, 0) is 95.1 Å². The molecular weight excluding hydrogens is 701 g/mol. The number of fused-ring (bicyclic) bond motifs is 9. The van der Waals surface area contributed by atoms with Crippen molar-refractivity contribution in [3.05, 3.63) is 182 Å². The van der Waals surface area contributed by atoms with Crippen molar-refractivity contribution in [1.82, 2.24) is 9.97 Å². The van der Waals surface area contributed by atoms with E-state index in [1.807, 2.05) is 60.7 Å². The summed E-state index contributed by atoms with van der Waals surface area (Å²) >= 11 is 0. The van der Waals surface area contributed by atoms with Gasteiger partial charge in [-0.1, -0.05) is 109 Å². The van der Waals surface area contributed by atoms with E-state index in [2.05, 4.69) is 121 Å². The molecule has 0 bridgehead atoms. The molecule has 12 aromatic rings. The van der Waals surface area contributed by atoms with Gasteiger partial charge in [0.25, 0.3) is 0 Å². The van der Waals surface area contributed by atoms with Gasteiger partial charge in [0.05, 0.1) is 11.4 Å². The second kappa shape index (κ2) is 12.4. The molecular formula is C52H30N2O3. The van der Waals surface area contributed by atoms with E-state index in [-0.39, 0.29) is 0 Å². The summed E-state index contributed by atoms with van der Waals surface area (Å²) in [5.41, 5.74) is 13.8. The number of hydrogen-bond donors (Lipinski definition) is 0. The molecule has 5 heteroatoms. The van der Waals surface area contributed by atoms with Crippen LogP contribution < -0.4 is 0 Å². The Morgan fingerprint density at radius 2 is 0.772 bits per heavy atom. The van der Waals surface area contributed by atoms with Crippen molar-refractivity contribution in [1.29, 1.82) is 0 Å². The summed E-state index contributed by atoms with van der Waals surface area (Å²) in [6.45, 7) is 0. The third kappa shape index (κ3) is 5.17. The fraction of sp³-hybridized carbons (Fsp3) is 0. The minimum atomic E-state index is 0.640. The lowest BCUT2D eigenvalue weighted by Gasteiger charge is -2.13. The fourth-order valence-corrected chi connectivity index (χ4v) is 8.32. The average molecular weight is 731 g/mol. The molecule has 0 fully saturated rings. The lowest BCUT2D eigenvalue weighted by Crippen LogP contribution is -1.97. The van der Waals surface area contributed by atoms with Gasteiger partial charge in [0.1, 0.15) is 33.5 Å². The number of furan rings is 3. The summed E-state index contributed by atoms with van der Waals surface area (Å²) < 4.78 is 19.0. The van der Waals surface area contributed by atoms with Crippen molar-refractivity contribution in [3.8, 4) is 56.2 Å². The molecule has 0 saturated heterocycles. The Kier molecular flexibility index (Phi) is 6.86. The van der Waals surface area contributed by atoms with E-state index in [0.717, 1.165) is 116 Å². The summed E-state index contributed by atoms with van der Waals surface area (Å²) in [5, 5.41) is 6.48. The van der Waals surface area contributed by atoms with Crippen LogP contribution >= 0.6 is 0 Å². The van der Waals surface area contributed by atoms with Crippen molar-refractivity contribution >= 4 is 65.8 Å². The molecule has 0 aliphatic carbocycles. The van der Waals surface area contributed by atoms with Crippen molar-refractivity contribution in [2.24, 2.45) is 0 Å². The highest BCUT2D eigenvalue weighted by Gasteiger charge is 2.18. The highest BCUT2D eigenvalue weighted by Crippen LogP contribution is 2.41. The molecule has 0 aliphatic heterocycles. The van der Waals surface area contributed by atoms with Gasteiger partial charge in [-0.15, -0.1) is 0 Å². The molecule has 0 radical (unpaired) electrons. The smallest absolute Gasteiger partial charge is 0.160 e. The van der Waals surface area contributed by atoms with Gasteiger partial charge in [-0.2, -0.15) is 0 Å². The van der Waals surface area contributed by atoms with Gasteiger partial charge >= 0.3 is 0 Å². The number of benzene rings is 8. The molecule has 57 heavy (non-hydrogen) atoms. The summed E-state index contributed by atoms with van der Waals surface area (Å²) in [6, 6.07) is 62.8. The van der Waals surface area contributed by atoms with Gasteiger partial charge in [-0.3, -0.25) is 0 Å². The Bertz CT molecular complexity index is 3400. The van der Waals surface area contributed by atoms with Crippen LogP contribution in [0.2, 0.25) is 0 Å². The maximum absolute atomic E-state index is 6.53. The monoisotopic (exact) mass is 730 g/mol. The van der Waals surface area contributed by atoms with Crippen LogP contribution in [-0.2, 0) is 0 Å². The predicted octanol–water partition coefficient (Wildman–Crippen LogP) is 14.5. The van der Waals surface area contributed by atoms with Crippen LogP contribution in [0, 0.1) is 0 Å². The van der Waals surface area contributed by atoms with Crippen LogP contribution in [0.25, 0.3) is 122 Å². The van der Waals surface area contributed by atoms with E-state index < -0.39 is 0 Å². The molecule has 0 aliphatic rings. The SMILES string of the molecule is c1ccc(-c2nc(-c3cc(-c4ccc5oc6ccccc6c5c4)cc(-c4ccc5oc6ccccc6c5c4)c3)cc(-c3cccc4c3oc3ccccc34)n2)cc1. The van der Waals surface area contributed by atoms with Crippen LogP contribution in [0.4, 0.5) is 0 Å². The first kappa shape index (κ1) is 31.6. The average Bonchev–Trinajstić information content (AvgIpc) is 3.97. The largest absolute Gasteiger partial charge is 0.456 e. The number of nitrogens with zero attached hydrogens (tertiary/aromatic N) is 2. The third-order valence-electron chi connectivity index (χ3n) is 11.1. The minimum absolute atomic E-state index is 0.640. The van der Waals surface area contributed by atoms with Crippen LogP contribution in [-0.4, -0.2) is 9.97 Å². The highest BCUT2D eigenvalue weighted by atomic mass is 16.3. The Hall–Kier alpha value is -7.76. The molecule has 5 nitrogen and oxygen atoms in total. The van der Waals surface area contributed by atoms with E-state index in [9.17, 15) is 0 Å². The van der Waals surface area contributed by atoms with Crippen LogP contribution in [0.5, 0.6) is 0 Å². The number of rotatable bonds is 5. The Balaban J connectivity index is 1.11. The molecule has 4 aromatic heterocycles. The molecule has 0 spiro atoms. The molecule has 0 unspecified atom stereocenters. The van der Waals surface area contributed by atoms with Gasteiger partial charge in [0, 0.05) is 49.0 Å². The summed E-state index contributed by atoms with van der Waals surface area (Å²) in [6.07, 6.45) is 0. The molecule has 266 valence electrons. The Labute approximate surface area is 326 Å². The molecule has 8 aromatic carbocycles. The first-order valence-electron chi connectivity index (χ1n) is 19.0. The van der Waals surface area contributed by atoms with Crippen LogP contribution in [0.1, 0.15) is 0 Å². The highest BCUT2D eigenvalue weighted by molar-refractivity contribution is 6.10. The van der Waals surface area contributed by atoms with Gasteiger partial charge in [-0.25, -0.2) is 9.97 Å². The quantitative estimate of drug-likeness (QED) is 0.176. The minimum Gasteiger partial charge on any atom is -0.456 e. The van der Waals surface area contributed by atoms with Crippen molar-refractivity contribution in [2.75, 3.05) is 0 Å². The van der Waals surface area contributed by atoms with E-state index in [4.69, 9.17) is 23.2 Å². The zero-order valence-corrected chi connectivity index (χ0v) is 30.4. The van der Waals surface area contributed by atoms with E-state index in [1.54, 1.807) is 0 Å². The second-order valence-electron chi connectivity index (χ2n) is 14.5. The molecule has 0 amide bonds. The molecule has 4 heterocycles. The van der Waals surface area contributed by atoms with E-state index in [0.29, 0.717) is 5.82 Å². The summed E-state index contributed by atoms with van der Waals surface area (Å²) in [5.74, 6) is 0.640. The standard InChI is InChI=1S/C52H30N2O3/c1-2-11-31(12-3-1)52-53-44(30-45(54-52)41-17-10-16-40-37-13-4-9-20-48(37)57-51(40)41)36-26-34(32-21-23-49-42(28-32)38-14-5-7-18-46(38)55-49)25-35(27-36)33-22-24-50-43(29-33)39-15-6-8-19-47(39)56-50/h1-30H. The fourth-order valence-electron chi connectivity index (χ4n) is 8.32. The number of para-hydroxylation sites is 4. The zero-order chi connectivity index (χ0) is 37.5. The summed E-state index contributed by atoms with van der Waals surface area (Å²) in [4.78, 5) is 10.5. The third-order valence-corrected chi connectivity index (χ3v) is 11.1. The Morgan fingerprint density at radius 1 is 0.281 bits per heavy atom. The number of aromatic nitrogens is 2. The topological polar surface area (TPSA) is 65.2 Å². The predicted molar refractivity (Wildman–Crippen MR) is 231 cm³/mol. The van der Waals surface area contributed by atoms with Gasteiger partial charge < -0.3 is 13.3 Å². The zero-order valence-electron chi connectivity index (χ0n) is 30.4. The van der Waals surface area contributed by atoms with Crippen molar-refractivity contribution in [3.63, 3.8) is 0 Å². The summed E-state index contributed by atoms with van der Waals surface area (Å²) in [7, 11) is 0. The maximum Gasteiger partial charge on any atom is 0.160 e. The molecule has 0 saturated carbocycles. The lowest BCUT2D eigenvalue weighted by molar-refractivity contribution is 0.668. The second-order valence-corrected chi connectivity index (χ2v) is 14.5. The normalized spacial score (nSPS) is 11.9. The van der Waals surface area contributed by atoms with Gasteiger partial charge in [0.15, 0.2) is 5.82 Å². The van der Waals surface area contributed by atoms with Crippen molar-refractivity contribution in [2.45, 2.75) is 0 Å². The van der Waals surface area contributed by atoms with Gasteiger partial charge in [0.2, 0.25) is 0 Å². The van der Waals surface area contributed by atoms with E-state index in [1.165, 1.54) is 0 Å². The Morgan fingerprint density at radius 3 is 1.40 bits per heavy atom. The first-order chi connectivity index (χ1) is 28.2. The van der Waals surface area contributed by atoms with Crippen LogP contribution in [0.15, 0.2) is 195 Å². The molecule has 0 N–H and O–H groups in total. The van der Waals surface area contributed by atoms with E-state index >= 15 is 0 Å². The van der Waals surface area contributed by atoms with Crippen LogP contribution in [0.3, 0.4) is 0 Å². The number of hydrogen-bond acceptors (Lipinski definition) is 5. The first-order valence-corrected chi connectivity index (χ1v) is 19.0. The lowest BCUT2D eigenvalue weighted by atomic mass is 9.93. The molecule has 12 rings (SSSR count). The molecule has 0 atom stereocenters. The van der Waals surface area contributed by atoms with Crippen molar-refractivity contribution < 1.29 is 13.3 Å².